The molecule has 7 nitrogen and oxygen atoms in total. The van der Waals surface area contributed by atoms with Crippen LogP contribution in [-0.2, 0) is 4.79 Å². The van der Waals surface area contributed by atoms with Crippen LogP contribution >= 0.6 is 11.8 Å². The summed E-state index contributed by atoms with van der Waals surface area (Å²) in [5.41, 5.74) is 4.28. The molecule has 1 amide bonds. The second-order valence-corrected chi connectivity index (χ2v) is 7.18. The molecule has 0 bridgehead atoms. The molecule has 8 heteroatoms. The zero-order valence-electron chi connectivity index (χ0n) is 15.1. The minimum absolute atomic E-state index is 0.206. The van der Waals surface area contributed by atoms with Crippen molar-refractivity contribution in [3.8, 4) is 0 Å². The largest absolute Gasteiger partial charge is 0.440 e. The molecular formula is C18H23N5O2S. The SMILES string of the molecule is Cc1cc(C)nc(SCC(=O)N/N=C\c2ccc(N3CCCCC3)o2)n1. The molecule has 1 N–H and O–H groups in total. The Kier molecular flexibility index (Phi) is 6.27. The van der Waals surface area contributed by atoms with E-state index in [9.17, 15) is 4.79 Å². The van der Waals surface area contributed by atoms with Gasteiger partial charge in [-0.1, -0.05) is 11.8 Å². The van der Waals surface area contributed by atoms with E-state index < -0.39 is 0 Å². The monoisotopic (exact) mass is 373 g/mol. The second-order valence-electron chi connectivity index (χ2n) is 6.24. The Morgan fingerprint density at radius 1 is 1.27 bits per heavy atom. The van der Waals surface area contributed by atoms with Crippen molar-refractivity contribution in [3.63, 3.8) is 0 Å². The van der Waals surface area contributed by atoms with Crippen LogP contribution in [-0.4, -0.2) is 40.9 Å². The van der Waals surface area contributed by atoms with Gasteiger partial charge in [0.1, 0.15) is 5.76 Å². The van der Waals surface area contributed by atoms with Crippen LogP contribution in [0.1, 0.15) is 36.4 Å². The number of nitrogens with one attached hydrogen (secondary N) is 1. The molecule has 3 rings (SSSR count). The maximum absolute atomic E-state index is 11.9. The number of piperidine rings is 1. The van der Waals surface area contributed by atoms with Gasteiger partial charge in [-0.3, -0.25) is 4.79 Å². The fraction of sp³-hybridized carbons (Fsp3) is 0.444. The van der Waals surface area contributed by atoms with E-state index in [0.717, 1.165) is 30.4 Å². The molecule has 138 valence electrons. The summed E-state index contributed by atoms with van der Waals surface area (Å²) in [6, 6.07) is 5.70. The van der Waals surface area contributed by atoms with Gasteiger partial charge >= 0.3 is 0 Å². The summed E-state index contributed by atoms with van der Waals surface area (Å²) in [5, 5.41) is 4.55. The lowest BCUT2D eigenvalue weighted by molar-refractivity contribution is -0.118. The molecule has 2 aromatic heterocycles. The lowest BCUT2D eigenvalue weighted by atomic mass is 10.1. The van der Waals surface area contributed by atoms with E-state index in [2.05, 4.69) is 25.4 Å². The molecule has 1 saturated heterocycles. The van der Waals surface area contributed by atoms with Crippen molar-refractivity contribution >= 4 is 29.8 Å². The summed E-state index contributed by atoms with van der Waals surface area (Å²) in [4.78, 5) is 22.7. The highest BCUT2D eigenvalue weighted by molar-refractivity contribution is 7.99. The number of aryl methyl sites for hydroxylation is 2. The first-order chi connectivity index (χ1) is 12.6. The predicted molar refractivity (Wildman–Crippen MR) is 103 cm³/mol. The summed E-state index contributed by atoms with van der Waals surface area (Å²) in [7, 11) is 0. The molecule has 1 aliphatic heterocycles. The summed E-state index contributed by atoms with van der Waals surface area (Å²) >= 11 is 1.29. The van der Waals surface area contributed by atoms with Crippen molar-refractivity contribution < 1.29 is 9.21 Å². The number of carbonyl (C=O) groups excluding carboxylic acids is 1. The van der Waals surface area contributed by atoms with Crippen LogP contribution in [0, 0.1) is 13.8 Å². The summed E-state index contributed by atoms with van der Waals surface area (Å²) in [6.07, 6.45) is 5.19. The van der Waals surface area contributed by atoms with Crippen LogP contribution in [0.15, 0.2) is 32.9 Å². The molecule has 0 spiro atoms. The van der Waals surface area contributed by atoms with E-state index in [1.54, 1.807) is 0 Å². The Labute approximate surface area is 157 Å². The average Bonchev–Trinajstić information content (AvgIpc) is 3.09. The third kappa shape index (κ3) is 5.32. The Bertz CT molecular complexity index is 763. The first-order valence-corrected chi connectivity index (χ1v) is 9.70. The van der Waals surface area contributed by atoms with Gasteiger partial charge in [-0.2, -0.15) is 5.10 Å². The number of amides is 1. The summed E-state index contributed by atoms with van der Waals surface area (Å²) in [5.74, 6) is 1.48. The standard InChI is InChI=1S/C18H23N5O2S/c1-13-10-14(2)21-18(20-13)26-12-16(24)22-19-11-15-6-7-17(25-15)23-8-4-3-5-9-23/h6-7,10-11H,3-5,8-9,12H2,1-2H3,(H,22,24)/b19-11-. The number of carbonyl (C=O) groups is 1. The number of nitrogens with zero attached hydrogens (tertiary/aromatic N) is 4. The third-order valence-corrected chi connectivity index (χ3v) is 4.80. The second kappa shape index (κ2) is 8.84. The Morgan fingerprint density at radius 2 is 2.00 bits per heavy atom. The van der Waals surface area contributed by atoms with Crippen LogP contribution < -0.4 is 10.3 Å². The molecule has 0 unspecified atom stereocenters. The van der Waals surface area contributed by atoms with E-state index in [4.69, 9.17) is 4.42 Å². The minimum atomic E-state index is -0.211. The lowest BCUT2D eigenvalue weighted by Crippen LogP contribution is -2.28. The van der Waals surface area contributed by atoms with Gasteiger partial charge in [-0.05, 0) is 45.2 Å². The van der Waals surface area contributed by atoms with E-state index in [1.807, 2.05) is 32.0 Å². The Balaban J connectivity index is 1.46. The normalized spacial score (nSPS) is 14.8. The molecule has 0 aliphatic carbocycles. The summed E-state index contributed by atoms with van der Waals surface area (Å²) < 4.78 is 5.76. The zero-order chi connectivity index (χ0) is 18.4. The van der Waals surface area contributed by atoms with Gasteiger partial charge in [0.2, 0.25) is 0 Å². The molecule has 2 aromatic rings. The predicted octanol–water partition coefficient (Wildman–Crippen LogP) is 2.92. The number of hydrogen-bond donors (Lipinski definition) is 1. The number of furan rings is 1. The average molecular weight is 373 g/mol. The number of anilines is 1. The summed E-state index contributed by atoms with van der Waals surface area (Å²) in [6.45, 7) is 5.87. The van der Waals surface area contributed by atoms with Crippen LogP contribution in [0.5, 0.6) is 0 Å². The highest BCUT2D eigenvalue weighted by Gasteiger charge is 2.13. The number of thioether (sulfide) groups is 1. The van der Waals surface area contributed by atoms with Gasteiger partial charge in [0, 0.05) is 30.5 Å². The smallest absolute Gasteiger partial charge is 0.250 e. The molecular weight excluding hydrogens is 350 g/mol. The van der Waals surface area contributed by atoms with Gasteiger partial charge in [-0.15, -0.1) is 0 Å². The highest BCUT2D eigenvalue weighted by Crippen LogP contribution is 2.21. The van der Waals surface area contributed by atoms with Crippen molar-refractivity contribution in [1.82, 2.24) is 15.4 Å². The number of hydrogen-bond acceptors (Lipinski definition) is 7. The topological polar surface area (TPSA) is 83.6 Å². The minimum Gasteiger partial charge on any atom is -0.440 e. The fourth-order valence-corrected chi connectivity index (χ4v) is 3.53. The van der Waals surface area contributed by atoms with Crippen molar-refractivity contribution in [2.45, 2.75) is 38.3 Å². The fourth-order valence-electron chi connectivity index (χ4n) is 2.78. The van der Waals surface area contributed by atoms with E-state index in [-0.39, 0.29) is 11.7 Å². The number of hydrazone groups is 1. The van der Waals surface area contributed by atoms with Crippen LogP contribution in [0.4, 0.5) is 5.88 Å². The van der Waals surface area contributed by atoms with E-state index in [0.29, 0.717) is 10.9 Å². The molecule has 0 aromatic carbocycles. The van der Waals surface area contributed by atoms with Crippen molar-refractivity contribution in [2.24, 2.45) is 5.10 Å². The highest BCUT2D eigenvalue weighted by atomic mass is 32.2. The Morgan fingerprint density at radius 3 is 2.73 bits per heavy atom. The quantitative estimate of drug-likeness (QED) is 0.363. The third-order valence-electron chi connectivity index (χ3n) is 3.96. The Hall–Kier alpha value is -2.35. The van der Waals surface area contributed by atoms with Gasteiger partial charge < -0.3 is 9.32 Å². The van der Waals surface area contributed by atoms with Crippen LogP contribution in [0.25, 0.3) is 0 Å². The number of rotatable bonds is 6. The first-order valence-electron chi connectivity index (χ1n) is 8.72. The molecule has 0 saturated carbocycles. The van der Waals surface area contributed by atoms with Gasteiger partial charge in [-0.25, -0.2) is 15.4 Å². The van der Waals surface area contributed by atoms with E-state index in [1.165, 1.54) is 37.2 Å². The molecule has 26 heavy (non-hydrogen) atoms. The van der Waals surface area contributed by atoms with Crippen LogP contribution in [0.3, 0.4) is 0 Å². The van der Waals surface area contributed by atoms with Crippen molar-refractivity contribution in [1.29, 1.82) is 0 Å². The maximum Gasteiger partial charge on any atom is 0.250 e. The maximum atomic E-state index is 11.9. The molecule has 0 atom stereocenters. The lowest BCUT2D eigenvalue weighted by Gasteiger charge is -2.25. The number of aromatic nitrogens is 2. The van der Waals surface area contributed by atoms with Gasteiger partial charge in [0.15, 0.2) is 11.0 Å². The van der Waals surface area contributed by atoms with Gasteiger partial charge in [0.25, 0.3) is 5.91 Å². The van der Waals surface area contributed by atoms with Crippen molar-refractivity contribution in [3.05, 3.63) is 35.3 Å². The molecule has 0 radical (unpaired) electrons. The van der Waals surface area contributed by atoms with Crippen LogP contribution in [0.2, 0.25) is 0 Å². The molecule has 3 heterocycles. The van der Waals surface area contributed by atoms with E-state index >= 15 is 0 Å². The van der Waals surface area contributed by atoms with Gasteiger partial charge in [0.05, 0.1) is 12.0 Å². The molecule has 1 aliphatic rings. The zero-order valence-corrected chi connectivity index (χ0v) is 15.9. The first kappa shape index (κ1) is 18.4. The van der Waals surface area contributed by atoms with Crippen molar-refractivity contribution in [2.75, 3.05) is 23.7 Å². The molecule has 1 fully saturated rings.